The van der Waals surface area contributed by atoms with E-state index in [0.29, 0.717) is 5.57 Å². The Kier molecular flexibility index (Phi) is 11.4. The second kappa shape index (κ2) is 11.6. The van der Waals surface area contributed by atoms with Crippen LogP contribution in [0.1, 0.15) is 76.2 Å². The van der Waals surface area contributed by atoms with E-state index in [0.717, 1.165) is 6.29 Å². The number of ketones is 1. The van der Waals surface area contributed by atoms with Gasteiger partial charge in [0.25, 0.3) is 0 Å². The lowest BCUT2D eigenvalue weighted by molar-refractivity contribution is -0.131. The van der Waals surface area contributed by atoms with Gasteiger partial charge in [0.2, 0.25) is 0 Å². The van der Waals surface area contributed by atoms with E-state index in [9.17, 15) is 9.59 Å². The molecule has 0 saturated carbocycles. The lowest BCUT2D eigenvalue weighted by Crippen LogP contribution is -2.59. The van der Waals surface area contributed by atoms with Crippen molar-refractivity contribution in [3.05, 3.63) is 11.6 Å². The lowest BCUT2D eigenvalue weighted by atomic mass is 10.0. The van der Waals surface area contributed by atoms with Gasteiger partial charge in [-0.05, 0) is 79.9 Å². The first kappa shape index (κ1) is 34.6. The molecule has 0 aliphatic rings. The van der Waals surface area contributed by atoms with Crippen molar-refractivity contribution in [1.29, 1.82) is 0 Å². The average molecular weight is 545 g/mol. The van der Waals surface area contributed by atoms with Crippen molar-refractivity contribution >= 4 is 37.0 Å². The third-order valence-corrected chi connectivity index (χ3v) is 21.7. The summed E-state index contributed by atoms with van der Waals surface area (Å²) in [4.78, 5) is 24.9. The molecule has 3 atom stereocenters. The van der Waals surface area contributed by atoms with Gasteiger partial charge >= 0.3 is 0 Å². The molecule has 8 heteroatoms. The summed E-state index contributed by atoms with van der Waals surface area (Å²) in [6.45, 7) is 36.0. The third kappa shape index (κ3) is 9.45. The molecule has 0 aromatic heterocycles. The van der Waals surface area contributed by atoms with E-state index < -0.39 is 43.3 Å². The van der Waals surface area contributed by atoms with Crippen molar-refractivity contribution in [3.8, 4) is 0 Å². The van der Waals surface area contributed by atoms with Crippen LogP contribution in [0.5, 0.6) is 0 Å². The fraction of sp³-hybridized carbons (Fsp3) is 0.852. The predicted octanol–water partition coefficient (Wildman–Crippen LogP) is 7.89. The monoisotopic (exact) mass is 544 g/mol. The molecule has 0 N–H and O–H groups in total. The third-order valence-electron chi connectivity index (χ3n) is 8.34. The van der Waals surface area contributed by atoms with Gasteiger partial charge in [-0.3, -0.25) is 9.59 Å². The fourth-order valence-electron chi connectivity index (χ4n) is 2.70. The number of rotatable bonds is 11. The minimum absolute atomic E-state index is 0.0539. The van der Waals surface area contributed by atoms with Crippen molar-refractivity contribution in [2.75, 3.05) is 0 Å². The summed E-state index contributed by atoms with van der Waals surface area (Å²) in [7, 11) is -6.95. The van der Waals surface area contributed by atoms with Gasteiger partial charge in [-0.15, -0.1) is 0 Å². The minimum atomic E-state index is -2.34. The number of allylic oxidation sites excluding steroid dienone is 1. The van der Waals surface area contributed by atoms with Crippen LogP contribution in [0, 0.1) is 0 Å². The standard InChI is InChI=1S/C27H56O5Si3/c1-20(19-28)18-22(30-33(12,13)25(3,4)5)24(32-35(16,17)27(9,10)11)23(21(2)29)31-34(14,15)26(6,7)8/h18-19,22-24H,1-17H3/b20-18+/t22-,23+,24+/m0/s1. The van der Waals surface area contributed by atoms with E-state index in [4.69, 9.17) is 13.3 Å². The number of carbonyl (C=O) groups is 2. The topological polar surface area (TPSA) is 61.8 Å². The highest BCUT2D eigenvalue weighted by Gasteiger charge is 2.50. The van der Waals surface area contributed by atoms with Crippen LogP contribution >= 0.6 is 0 Å². The molecule has 0 fully saturated rings. The molecule has 0 unspecified atom stereocenters. The average Bonchev–Trinajstić information content (AvgIpc) is 2.60. The highest BCUT2D eigenvalue weighted by molar-refractivity contribution is 6.75. The number of Topliss-reactive ketones (excluding diaryl/α,β-unsaturated/α-hetero) is 1. The molecule has 0 radical (unpaired) electrons. The number of carbonyl (C=O) groups excluding carboxylic acids is 2. The van der Waals surface area contributed by atoms with Crippen molar-refractivity contribution in [2.45, 2.75) is 149 Å². The Bertz CT molecular complexity index is 765. The smallest absolute Gasteiger partial charge is 0.193 e. The van der Waals surface area contributed by atoms with Crippen molar-refractivity contribution in [3.63, 3.8) is 0 Å². The Balaban J connectivity index is 7.05. The number of aldehydes is 1. The maximum absolute atomic E-state index is 13.2. The quantitative estimate of drug-likeness (QED) is 0.150. The van der Waals surface area contributed by atoms with Crippen LogP contribution in [-0.2, 0) is 22.9 Å². The van der Waals surface area contributed by atoms with Gasteiger partial charge in [-0.2, -0.15) is 0 Å². The van der Waals surface area contributed by atoms with E-state index in [1.807, 2.05) is 6.08 Å². The SMILES string of the molecule is CC(=O)[C@@H](O[Si](C)(C)C(C)(C)C)[C@H](O[Si](C)(C)C(C)(C)C)[C@H](/C=C(\C)C=O)O[Si](C)(C)C(C)(C)C. The molecule has 0 rings (SSSR count). The van der Waals surface area contributed by atoms with E-state index in [-0.39, 0.29) is 20.9 Å². The molecule has 0 aliphatic carbocycles. The van der Waals surface area contributed by atoms with Crippen LogP contribution in [0.15, 0.2) is 11.6 Å². The van der Waals surface area contributed by atoms with Crippen molar-refractivity contribution in [1.82, 2.24) is 0 Å². The van der Waals surface area contributed by atoms with Crippen LogP contribution in [0.3, 0.4) is 0 Å². The molecule has 0 aromatic carbocycles. The predicted molar refractivity (Wildman–Crippen MR) is 157 cm³/mol. The van der Waals surface area contributed by atoms with E-state index in [1.165, 1.54) is 0 Å². The Hall–Kier alpha value is -0.389. The zero-order valence-electron chi connectivity index (χ0n) is 25.9. The first-order valence-electron chi connectivity index (χ1n) is 12.9. The normalized spacial score (nSPS) is 17.7. The van der Waals surface area contributed by atoms with E-state index in [1.54, 1.807) is 13.8 Å². The first-order valence-corrected chi connectivity index (χ1v) is 21.6. The maximum atomic E-state index is 13.2. The second-order valence-electron chi connectivity index (χ2n) is 14.6. The Morgan fingerprint density at radius 1 is 0.657 bits per heavy atom. The molecule has 0 aliphatic heterocycles. The molecular formula is C27H56O5Si3. The summed E-state index contributed by atoms with van der Waals surface area (Å²) in [5.74, 6) is -0.0699. The first-order chi connectivity index (χ1) is 15.2. The maximum Gasteiger partial charge on any atom is 0.193 e. The van der Waals surface area contributed by atoms with Crippen LogP contribution in [0.25, 0.3) is 0 Å². The minimum Gasteiger partial charge on any atom is -0.408 e. The van der Waals surface area contributed by atoms with E-state index in [2.05, 4.69) is 102 Å². The summed E-state index contributed by atoms with van der Waals surface area (Å²) < 4.78 is 20.7. The largest absolute Gasteiger partial charge is 0.408 e. The summed E-state index contributed by atoms with van der Waals surface area (Å²) in [5.41, 5.74) is 0.562. The molecule has 5 nitrogen and oxygen atoms in total. The van der Waals surface area contributed by atoms with Crippen LogP contribution in [-0.4, -0.2) is 55.3 Å². The van der Waals surface area contributed by atoms with Gasteiger partial charge in [-0.25, -0.2) is 0 Å². The van der Waals surface area contributed by atoms with Crippen molar-refractivity contribution in [2.24, 2.45) is 0 Å². The molecule has 35 heavy (non-hydrogen) atoms. The number of hydrogen-bond donors (Lipinski definition) is 0. The molecule has 206 valence electrons. The molecule has 0 amide bonds. The molecule has 0 spiro atoms. The molecular weight excluding hydrogens is 489 g/mol. The van der Waals surface area contributed by atoms with Gasteiger partial charge in [0.05, 0.1) is 6.10 Å². The molecule has 0 saturated heterocycles. The summed E-state index contributed by atoms with van der Waals surface area (Å²) >= 11 is 0. The Morgan fingerprint density at radius 2 is 1.00 bits per heavy atom. The molecule has 0 bridgehead atoms. The Labute approximate surface area is 220 Å². The van der Waals surface area contributed by atoms with Gasteiger partial charge < -0.3 is 13.3 Å². The number of hydrogen-bond acceptors (Lipinski definition) is 5. The lowest BCUT2D eigenvalue weighted by Gasteiger charge is -2.48. The van der Waals surface area contributed by atoms with Gasteiger partial charge in [0.1, 0.15) is 18.5 Å². The van der Waals surface area contributed by atoms with Crippen LogP contribution in [0.2, 0.25) is 54.4 Å². The summed E-state index contributed by atoms with van der Waals surface area (Å²) in [5, 5.41) is -0.206. The van der Waals surface area contributed by atoms with Crippen LogP contribution in [0.4, 0.5) is 0 Å². The Morgan fingerprint density at radius 3 is 1.31 bits per heavy atom. The molecule has 0 heterocycles. The summed E-state index contributed by atoms with van der Waals surface area (Å²) in [6, 6.07) is 0. The highest BCUT2D eigenvalue weighted by atomic mass is 28.4. The van der Waals surface area contributed by atoms with Gasteiger partial charge in [0, 0.05) is 0 Å². The summed E-state index contributed by atoms with van der Waals surface area (Å²) in [6.07, 6.45) is 0.676. The van der Waals surface area contributed by atoms with Gasteiger partial charge in [0.15, 0.2) is 30.7 Å². The highest BCUT2D eigenvalue weighted by Crippen LogP contribution is 2.43. The van der Waals surface area contributed by atoms with Crippen molar-refractivity contribution < 1.29 is 22.9 Å². The van der Waals surface area contributed by atoms with Gasteiger partial charge in [-0.1, -0.05) is 62.3 Å². The molecule has 0 aromatic rings. The van der Waals surface area contributed by atoms with E-state index >= 15 is 0 Å². The zero-order valence-corrected chi connectivity index (χ0v) is 28.9. The van der Waals surface area contributed by atoms with Crippen LogP contribution < -0.4 is 0 Å². The fourth-order valence-corrected chi connectivity index (χ4v) is 6.52. The zero-order chi connectivity index (χ0) is 28.4. The second-order valence-corrected chi connectivity index (χ2v) is 28.9.